The largest absolute Gasteiger partial charge is 0.349 e. The van der Waals surface area contributed by atoms with Crippen LogP contribution in [-0.2, 0) is 21.4 Å². The fraction of sp³-hybridized carbons (Fsp3) is 0.435. The lowest BCUT2D eigenvalue weighted by Gasteiger charge is -2.26. The zero-order valence-corrected chi connectivity index (χ0v) is 20.8. The third-order valence-corrected chi connectivity index (χ3v) is 9.11. The number of sulfonamides is 1. The number of rotatable bonds is 10. The van der Waals surface area contributed by atoms with Crippen LogP contribution in [0.5, 0.6) is 0 Å². The molecular formula is C23H29N3O5S2. The fourth-order valence-corrected chi connectivity index (χ4v) is 6.75. The van der Waals surface area contributed by atoms with Gasteiger partial charge in [0.2, 0.25) is 5.91 Å². The second-order valence-corrected chi connectivity index (χ2v) is 11.5. The average Bonchev–Trinajstić information content (AvgIpc) is 3.35. The summed E-state index contributed by atoms with van der Waals surface area (Å²) in [5.74, 6) is -1.32. The number of thiophene rings is 1. The molecule has 33 heavy (non-hydrogen) atoms. The maximum Gasteiger partial charge on any atom is 0.262 e. The minimum Gasteiger partial charge on any atom is -0.349 e. The molecule has 1 aromatic heterocycles. The molecule has 1 atom stereocenters. The van der Waals surface area contributed by atoms with Crippen molar-refractivity contribution in [1.29, 1.82) is 0 Å². The minimum atomic E-state index is -3.57. The number of carbonyl (C=O) groups excluding carboxylic acids is 3. The van der Waals surface area contributed by atoms with E-state index in [9.17, 15) is 22.8 Å². The summed E-state index contributed by atoms with van der Waals surface area (Å²) in [6.45, 7) is 8.26. The molecule has 0 aliphatic carbocycles. The standard InChI is InChI=1S/C23H29N3O5S2/c1-5-25(6-2)33(30,31)20-12-11-16(32-20)14-24-21(27)19(13-15(3)4)26-22(28)17-9-7-8-10-18(17)23(26)29/h7-12,15,19H,5-6,13-14H2,1-4H3,(H,24,27)/t19-/m0/s1. The molecule has 1 aliphatic heterocycles. The summed E-state index contributed by atoms with van der Waals surface area (Å²) in [6.07, 6.45) is 0.323. The molecule has 3 amide bonds. The highest BCUT2D eigenvalue weighted by Crippen LogP contribution is 2.28. The summed E-state index contributed by atoms with van der Waals surface area (Å²) in [4.78, 5) is 40.6. The highest BCUT2D eigenvalue weighted by atomic mass is 32.2. The van der Waals surface area contributed by atoms with E-state index >= 15 is 0 Å². The SMILES string of the molecule is CCN(CC)S(=O)(=O)c1ccc(CNC(=O)[C@H](CC(C)C)N2C(=O)c3ccccc3C2=O)s1. The van der Waals surface area contributed by atoms with Gasteiger partial charge in [0.05, 0.1) is 17.7 Å². The number of amides is 3. The van der Waals surface area contributed by atoms with Gasteiger partial charge in [0, 0.05) is 18.0 Å². The Morgan fingerprint density at radius 3 is 2.12 bits per heavy atom. The summed E-state index contributed by atoms with van der Waals surface area (Å²) >= 11 is 1.10. The zero-order valence-electron chi connectivity index (χ0n) is 19.2. The van der Waals surface area contributed by atoms with E-state index in [1.165, 1.54) is 10.4 Å². The number of benzene rings is 1. The number of hydrogen-bond donors (Lipinski definition) is 1. The summed E-state index contributed by atoms with van der Waals surface area (Å²) in [7, 11) is -3.57. The molecule has 0 fully saturated rings. The molecule has 0 spiro atoms. The van der Waals surface area contributed by atoms with E-state index in [0.717, 1.165) is 16.2 Å². The Morgan fingerprint density at radius 2 is 1.61 bits per heavy atom. The molecular weight excluding hydrogens is 462 g/mol. The van der Waals surface area contributed by atoms with Crippen LogP contribution in [0.1, 0.15) is 59.7 Å². The van der Waals surface area contributed by atoms with E-state index in [-0.39, 0.29) is 16.7 Å². The van der Waals surface area contributed by atoms with Gasteiger partial charge in [-0.3, -0.25) is 19.3 Å². The Bertz CT molecular complexity index is 1120. The van der Waals surface area contributed by atoms with Crippen LogP contribution >= 0.6 is 11.3 Å². The quantitative estimate of drug-likeness (QED) is 0.515. The van der Waals surface area contributed by atoms with E-state index in [4.69, 9.17) is 0 Å². The molecule has 0 unspecified atom stereocenters. The van der Waals surface area contributed by atoms with Gasteiger partial charge in [-0.25, -0.2) is 8.42 Å². The Labute approximate surface area is 198 Å². The van der Waals surface area contributed by atoms with Crippen LogP contribution < -0.4 is 5.32 Å². The predicted molar refractivity (Wildman–Crippen MR) is 126 cm³/mol. The number of nitrogens with zero attached hydrogens (tertiary/aromatic N) is 2. The first-order chi connectivity index (χ1) is 15.6. The molecule has 0 radical (unpaired) electrons. The number of carbonyl (C=O) groups is 3. The molecule has 1 aliphatic rings. The van der Waals surface area contributed by atoms with E-state index in [1.807, 2.05) is 13.8 Å². The Hall–Kier alpha value is -2.56. The van der Waals surface area contributed by atoms with Crippen LogP contribution in [0.4, 0.5) is 0 Å². The van der Waals surface area contributed by atoms with Crippen LogP contribution in [0.15, 0.2) is 40.6 Å². The van der Waals surface area contributed by atoms with Crippen LogP contribution in [0.3, 0.4) is 0 Å². The van der Waals surface area contributed by atoms with Gasteiger partial charge < -0.3 is 5.32 Å². The van der Waals surface area contributed by atoms with Crippen LogP contribution in [0.2, 0.25) is 0 Å². The van der Waals surface area contributed by atoms with Gasteiger partial charge in [-0.15, -0.1) is 11.3 Å². The lowest BCUT2D eigenvalue weighted by atomic mass is 10.0. The topological polar surface area (TPSA) is 104 Å². The summed E-state index contributed by atoms with van der Waals surface area (Å²) < 4.78 is 27.0. The molecule has 0 saturated carbocycles. The summed E-state index contributed by atoms with van der Waals surface area (Å²) in [6, 6.07) is 8.80. The zero-order chi connectivity index (χ0) is 24.3. The maximum absolute atomic E-state index is 13.1. The van der Waals surface area contributed by atoms with Crippen molar-refractivity contribution in [2.24, 2.45) is 5.92 Å². The monoisotopic (exact) mass is 491 g/mol. The molecule has 10 heteroatoms. The first-order valence-electron chi connectivity index (χ1n) is 10.9. The van der Waals surface area contributed by atoms with Gasteiger partial charge >= 0.3 is 0 Å². The van der Waals surface area contributed by atoms with Gasteiger partial charge in [0.1, 0.15) is 10.3 Å². The number of fused-ring (bicyclic) bond motifs is 1. The normalized spacial score (nSPS) is 14.8. The molecule has 2 aromatic rings. The second kappa shape index (κ2) is 10.1. The predicted octanol–water partition coefficient (Wildman–Crippen LogP) is 3.11. The van der Waals surface area contributed by atoms with E-state index in [0.29, 0.717) is 35.5 Å². The van der Waals surface area contributed by atoms with Crippen molar-refractivity contribution in [3.05, 3.63) is 52.4 Å². The minimum absolute atomic E-state index is 0.0672. The fourth-order valence-electron chi connectivity index (χ4n) is 3.84. The third kappa shape index (κ3) is 5.02. The highest BCUT2D eigenvalue weighted by Gasteiger charge is 2.42. The van der Waals surface area contributed by atoms with Crippen molar-refractivity contribution < 1.29 is 22.8 Å². The van der Waals surface area contributed by atoms with Crippen LogP contribution in [0, 0.1) is 5.92 Å². The third-order valence-electron chi connectivity index (χ3n) is 5.51. The average molecular weight is 492 g/mol. The van der Waals surface area contributed by atoms with E-state index < -0.39 is 33.8 Å². The van der Waals surface area contributed by atoms with Crippen molar-refractivity contribution in [2.45, 2.75) is 50.9 Å². The summed E-state index contributed by atoms with van der Waals surface area (Å²) in [5, 5.41) is 2.79. The van der Waals surface area contributed by atoms with Gasteiger partial charge in [-0.2, -0.15) is 4.31 Å². The van der Waals surface area contributed by atoms with Gasteiger partial charge in [-0.1, -0.05) is 39.8 Å². The molecule has 1 aromatic carbocycles. The summed E-state index contributed by atoms with van der Waals surface area (Å²) in [5.41, 5.74) is 0.599. The van der Waals surface area contributed by atoms with Crippen molar-refractivity contribution in [1.82, 2.24) is 14.5 Å². The van der Waals surface area contributed by atoms with Gasteiger partial charge in [0.15, 0.2) is 0 Å². The van der Waals surface area contributed by atoms with Crippen molar-refractivity contribution >= 4 is 39.1 Å². The number of hydrogen-bond acceptors (Lipinski definition) is 6. The lowest BCUT2D eigenvalue weighted by Crippen LogP contribution is -2.50. The first kappa shape index (κ1) is 25.1. The molecule has 0 saturated heterocycles. The maximum atomic E-state index is 13.1. The lowest BCUT2D eigenvalue weighted by molar-refractivity contribution is -0.125. The molecule has 3 rings (SSSR count). The van der Waals surface area contributed by atoms with Crippen molar-refractivity contribution in [2.75, 3.05) is 13.1 Å². The van der Waals surface area contributed by atoms with Crippen molar-refractivity contribution in [3.63, 3.8) is 0 Å². The van der Waals surface area contributed by atoms with Crippen LogP contribution in [-0.4, -0.2) is 54.5 Å². The number of nitrogens with one attached hydrogen (secondary N) is 1. The van der Waals surface area contributed by atoms with Crippen molar-refractivity contribution in [3.8, 4) is 0 Å². The van der Waals surface area contributed by atoms with Gasteiger partial charge in [-0.05, 0) is 36.6 Å². The van der Waals surface area contributed by atoms with Gasteiger partial charge in [0.25, 0.3) is 21.8 Å². The number of imide groups is 1. The second-order valence-electron chi connectivity index (χ2n) is 8.20. The molecule has 8 nitrogen and oxygen atoms in total. The molecule has 1 N–H and O–H groups in total. The Morgan fingerprint density at radius 1 is 1.03 bits per heavy atom. The van der Waals surface area contributed by atoms with E-state index in [1.54, 1.807) is 44.2 Å². The molecule has 178 valence electrons. The Kier molecular flexibility index (Phi) is 7.71. The highest BCUT2D eigenvalue weighted by molar-refractivity contribution is 7.91. The molecule has 0 bridgehead atoms. The van der Waals surface area contributed by atoms with E-state index in [2.05, 4.69) is 5.32 Å². The Balaban J connectivity index is 1.76. The van der Waals surface area contributed by atoms with Crippen LogP contribution in [0.25, 0.3) is 0 Å². The first-order valence-corrected chi connectivity index (χ1v) is 13.2. The molecule has 2 heterocycles. The smallest absolute Gasteiger partial charge is 0.262 e.